The Labute approximate surface area is 150 Å². The minimum atomic E-state index is 0.414. The first-order chi connectivity index (χ1) is 11.2. The number of fused-ring (bicyclic) bond motifs is 1. The Bertz CT molecular complexity index is 806. The molecular weight excluding hydrogens is 367 g/mol. The number of benzene rings is 3. The molecule has 3 aromatic carbocycles. The van der Waals surface area contributed by atoms with Crippen molar-refractivity contribution in [2.75, 3.05) is 0 Å². The van der Waals surface area contributed by atoms with Crippen LogP contribution in [0.4, 0.5) is 0 Å². The Balaban J connectivity index is 2.16. The summed E-state index contributed by atoms with van der Waals surface area (Å²) in [6, 6.07) is 19.6. The van der Waals surface area contributed by atoms with Crippen LogP contribution < -0.4 is 4.46 Å². The van der Waals surface area contributed by atoms with Gasteiger partial charge in [0.05, 0.1) is 0 Å². The first-order valence-electron chi connectivity index (χ1n) is 8.11. The van der Waals surface area contributed by atoms with Crippen molar-refractivity contribution in [2.45, 2.75) is 32.0 Å². The van der Waals surface area contributed by atoms with Gasteiger partial charge in [0.25, 0.3) is 0 Å². The molecule has 0 radical (unpaired) electrons. The molecule has 0 amide bonds. The zero-order valence-corrected chi connectivity index (χ0v) is 16.1. The standard InChI is InChI=1S/C21H21ClSe/c1-3-4-13-23-21-19(16-11-9-15(2)10-12-16)14-17-7-5-6-8-18(17)20(21)22/h5-12,14H,3-4,13H2,1-2H3. The van der Waals surface area contributed by atoms with Crippen LogP contribution in [-0.2, 0) is 0 Å². The van der Waals surface area contributed by atoms with Gasteiger partial charge in [0.15, 0.2) is 0 Å². The second-order valence-corrected chi connectivity index (χ2v) is 8.55. The number of aryl methyl sites for hydroxylation is 1. The summed E-state index contributed by atoms with van der Waals surface area (Å²) >= 11 is 7.24. The Hall–Kier alpha value is -1.27. The van der Waals surface area contributed by atoms with Gasteiger partial charge in [-0.05, 0) is 0 Å². The number of unbranched alkanes of at least 4 members (excludes halogenated alkanes) is 1. The number of halogens is 1. The van der Waals surface area contributed by atoms with E-state index >= 15 is 0 Å². The van der Waals surface area contributed by atoms with E-state index in [0.29, 0.717) is 15.0 Å². The number of hydrogen-bond donors (Lipinski definition) is 0. The molecule has 0 N–H and O–H groups in total. The Morgan fingerprint density at radius 3 is 2.48 bits per heavy atom. The summed E-state index contributed by atoms with van der Waals surface area (Å²) in [6.07, 6.45) is 2.52. The SMILES string of the molecule is CCCC[Se]c1c(-c2ccc(C)cc2)cc2ccccc2c1Cl. The van der Waals surface area contributed by atoms with Crippen molar-refractivity contribution in [2.24, 2.45) is 0 Å². The summed E-state index contributed by atoms with van der Waals surface area (Å²) < 4.78 is 1.36. The van der Waals surface area contributed by atoms with Crippen LogP contribution in [0.2, 0.25) is 10.3 Å². The van der Waals surface area contributed by atoms with Gasteiger partial charge in [-0.3, -0.25) is 0 Å². The molecule has 0 aromatic heterocycles. The van der Waals surface area contributed by atoms with Gasteiger partial charge in [-0.2, -0.15) is 0 Å². The molecule has 0 bridgehead atoms. The molecule has 0 atom stereocenters. The van der Waals surface area contributed by atoms with Gasteiger partial charge in [-0.15, -0.1) is 0 Å². The average molecular weight is 388 g/mol. The topological polar surface area (TPSA) is 0 Å². The van der Waals surface area contributed by atoms with E-state index in [1.807, 2.05) is 0 Å². The maximum atomic E-state index is 6.82. The van der Waals surface area contributed by atoms with E-state index in [0.717, 1.165) is 5.02 Å². The molecule has 0 nitrogen and oxygen atoms in total. The molecule has 3 aromatic rings. The van der Waals surface area contributed by atoms with Crippen molar-refractivity contribution in [1.29, 1.82) is 0 Å². The van der Waals surface area contributed by atoms with Crippen molar-refractivity contribution in [3.63, 3.8) is 0 Å². The zero-order valence-electron chi connectivity index (χ0n) is 13.6. The van der Waals surface area contributed by atoms with Crippen LogP contribution in [0.25, 0.3) is 21.9 Å². The van der Waals surface area contributed by atoms with E-state index in [-0.39, 0.29) is 0 Å². The van der Waals surface area contributed by atoms with Crippen LogP contribution in [0.15, 0.2) is 54.6 Å². The normalized spacial score (nSPS) is 11.1. The van der Waals surface area contributed by atoms with E-state index in [9.17, 15) is 0 Å². The third-order valence-electron chi connectivity index (χ3n) is 4.05. The van der Waals surface area contributed by atoms with Crippen molar-refractivity contribution >= 4 is 41.8 Å². The van der Waals surface area contributed by atoms with Gasteiger partial charge in [-0.25, -0.2) is 0 Å². The molecule has 0 unspecified atom stereocenters. The summed E-state index contributed by atoms with van der Waals surface area (Å²) in [5.74, 6) is 0. The quantitative estimate of drug-likeness (QED) is 0.371. The molecule has 0 fully saturated rings. The van der Waals surface area contributed by atoms with E-state index in [2.05, 4.69) is 68.4 Å². The Morgan fingerprint density at radius 1 is 1.00 bits per heavy atom. The van der Waals surface area contributed by atoms with Gasteiger partial charge < -0.3 is 0 Å². The van der Waals surface area contributed by atoms with E-state index < -0.39 is 0 Å². The number of hydrogen-bond acceptors (Lipinski definition) is 0. The summed E-state index contributed by atoms with van der Waals surface area (Å²) in [5, 5.41) is 4.61. The summed E-state index contributed by atoms with van der Waals surface area (Å²) in [4.78, 5) is 0. The summed E-state index contributed by atoms with van der Waals surface area (Å²) in [6.45, 7) is 4.38. The summed E-state index contributed by atoms with van der Waals surface area (Å²) in [7, 11) is 0. The fraction of sp³-hybridized carbons (Fsp3) is 0.238. The third-order valence-corrected chi connectivity index (χ3v) is 7.22. The molecular formula is C21H21ClSe. The molecule has 0 saturated carbocycles. The molecule has 2 heteroatoms. The van der Waals surface area contributed by atoms with Crippen LogP contribution >= 0.6 is 11.6 Å². The molecule has 0 heterocycles. The van der Waals surface area contributed by atoms with E-state index in [1.165, 1.54) is 50.1 Å². The van der Waals surface area contributed by atoms with Gasteiger partial charge >= 0.3 is 150 Å². The zero-order chi connectivity index (χ0) is 16.2. The van der Waals surface area contributed by atoms with Crippen molar-refractivity contribution < 1.29 is 0 Å². The average Bonchev–Trinajstić information content (AvgIpc) is 2.58. The summed E-state index contributed by atoms with van der Waals surface area (Å²) in [5.41, 5.74) is 3.88. The predicted octanol–water partition coefficient (Wildman–Crippen LogP) is 6.02. The molecule has 0 saturated heterocycles. The van der Waals surface area contributed by atoms with E-state index in [1.54, 1.807) is 0 Å². The van der Waals surface area contributed by atoms with Crippen LogP contribution in [0, 0.1) is 6.92 Å². The van der Waals surface area contributed by atoms with Crippen molar-refractivity contribution in [1.82, 2.24) is 0 Å². The van der Waals surface area contributed by atoms with Crippen LogP contribution in [0.3, 0.4) is 0 Å². The molecule has 0 aliphatic heterocycles. The van der Waals surface area contributed by atoms with Crippen LogP contribution in [-0.4, -0.2) is 15.0 Å². The minimum absolute atomic E-state index is 0.414. The monoisotopic (exact) mass is 388 g/mol. The van der Waals surface area contributed by atoms with Gasteiger partial charge in [0, 0.05) is 0 Å². The molecule has 0 spiro atoms. The molecule has 3 rings (SSSR count). The Kier molecular flexibility index (Phi) is 5.43. The fourth-order valence-electron chi connectivity index (χ4n) is 2.69. The molecule has 23 heavy (non-hydrogen) atoms. The second kappa shape index (κ2) is 7.53. The van der Waals surface area contributed by atoms with Gasteiger partial charge in [-0.1, -0.05) is 0 Å². The number of rotatable bonds is 5. The first kappa shape index (κ1) is 16.6. The van der Waals surface area contributed by atoms with E-state index in [4.69, 9.17) is 11.6 Å². The van der Waals surface area contributed by atoms with Gasteiger partial charge in [0.2, 0.25) is 0 Å². The molecule has 0 aliphatic carbocycles. The van der Waals surface area contributed by atoms with Crippen LogP contribution in [0.5, 0.6) is 0 Å². The fourth-order valence-corrected chi connectivity index (χ4v) is 5.78. The van der Waals surface area contributed by atoms with Crippen LogP contribution in [0.1, 0.15) is 25.3 Å². The molecule has 0 aliphatic rings. The third kappa shape index (κ3) is 3.63. The van der Waals surface area contributed by atoms with Gasteiger partial charge in [0.1, 0.15) is 0 Å². The Morgan fingerprint density at radius 2 is 1.74 bits per heavy atom. The first-order valence-corrected chi connectivity index (χ1v) is 10.6. The van der Waals surface area contributed by atoms with Crippen molar-refractivity contribution in [3.8, 4) is 11.1 Å². The maximum absolute atomic E-state index is 6.82. The molecule has 118 valence electrons. The van der Waals surface area contributed by atoms with Crippen molar-refractivity contribution in [3.05, 3.63) is 65.2 Å². The second-order valence-electron chi connectivity index (χ2n) is 5.86. The predicted molar refractivity (Wildman–Crippen MR) is 104 cm³/mol.